The number of nitrogens with one attached hydrogen (secondary N) is 1. The Balaban J connectivity index is 2.74. The summed E-state index contributed by atoms with van der Waals surface area (Å²) in [6.07, 6.45) is 5.74. The van der Waals surface area contributed by atoms with Crippen molar-refractivity contribution in [2.24, 2.45) is 0 Å². The monoisotopic (exact) mass is 267 g/mol. The van der Waals surface area contributed by atoms with E-state index in [4.69, 9.17) is 4.74 Å². The number of methoxy groups -OCH3 is 1. The highest BCUT2D eigenvalue weighted by molar-refractivity contribution is 5.31. The van der Waals surface area contributed by atoms with E-state index in [1.165, 1.54) is 26.4 Å². The Kier molecular flexibility index (Phi) is 7.49. The summed E-state index contributed by atoms with van der Waals surface area (Å²) in [7, 11) is 1.49. The molecule has 1 N–H and O–H groups in total. The van der Waals surface area contributed by atoms with E-state index in [1.807, 2.05) is 6.07 Å². The van der Waals surface area contributed by atoms with Gasteiger partial charge in [0, 0.05) is 6.04 Å². The van der Waals surface area contributed by atoms with Crippen LogP contribution in [0.1, 0.15) is 57.6 Å². The molecular formula is C16H26FNO. The second kappa shape index (κ2) is 8.92. The molecule has 0 bridgehead atoms. The first-order chi connectivity index (χ1) is 9.22. The van der Waals surface area contributed by atoms with Crippen molar-refractivity contribution in [1.82, 2.24) is 5.32 Å². The van der Waals surface area contributed by atoms with Gasteiger partial charge < -0.3 is 10.1 Å². The van der Waals surface area contributed by atoms with Crippen LogP contribution in [0.25, 0.3) is 0 Å². The van der Waals surface area contributed by atoms with Crippen LogP contribution in [-0.2, 0) is 0 Å². The largest absolute Gasteiger partial charge is 0.494 e. The average molecular weight is 267 g/mol. The number of hydrogen-bond acceptors (Lipinski definition) is 2. The molecule has 2 nitrogen and oxygen atoms in total. The van der Waals surface area contributed by atoms with Gasteiger partial charge >= 0.3 is 0 Å². The highest BCUT2D eigenvalue weighted by atomic mass is 19.1. The maximum Gasteiger partial charge on any atom is 0.165 e. The molecule has 0 radical (unpaired) electrons. The zero-order valence-corrected chi connectivity index (χ0v) is 12.3. The lowest BCUT2D eigenvalue weighted by molar-refractivity contribution is 0.384. The second-order valence-electron chi connectivity index (χ2n) is 4.90. The van der Waals surface area contributed by atoms with Crippen molar-refractivity contribution in [3.05, 3.63) is 29.6 Å². The van der Waals surface area contributed by atoms with Crippen LogP contribution >= 0.6 is 0 Å². The first-order valence-electron chi connectivity index (χ1n) is 7.29. The van der Waals surface area contributed by atoms with Gasteiger partial charge in [-0.25, -0.2) is 4.39 Å². The normalized spacial score (nSPS) is 12.4. The van der Waals surface area contributed by atoms with Crippen LogP contribution in [0.3, 0.4) is 0 Å². The van der Waals surface area contributed by atoms with Crippen molar-refractivity contribution in [2.45, 2.75) is 52.0 Å². The van der Waals surface area contributed by atoms with Crippen molar-refractivity contribution in [1.29, 1.82) is 0 Å². The third-order valence-corrected chi connectivity index (χ3v) is 3.32. The summed E-state index contributed by atoms with van der Waals surface area (Å²) in [6, 6.07) is 5.51. The smallest absolute Gasteiger partial charge is 0.165 e. The molecule has 0 aliphatic carbocycles. The van der Waals surface area contributed by atoms with Gasteiger partial charge in [0.15, 0.2) is 11.6 Å². The van der Waals surface area contributed by atoms with E-state index in [0.29, 0.717) is 5.75 Å². The van der Waals surface area contributed by atoms with Gasteiger partial charge in [-0.2, -0.15) is 0 Å². The van der Waals surface area contributed by atoms with E-state index in [2.05, 4.69) is 19.2 Å². The standard InChI is InChI=1S/C16H26FNO/c1-4-6-7-8-15(18-11-5-2)13-9-10-16(19-3)14(17)12-13/h9-10,12,15,18H,4-8,11H2,1-3H3. The van der Waals surface area contributed by atoms with Gasteiger partial charge in [0.05, 0.1) is 7.11 Å². The van der Waals surface area contributed by atoms with Crippen molar-refractivity contribution in [3.63, 3.8) is 0 Å². The molecule has 0 fully saturated rings. The lowest BCUT2D eigenvalue weighted by atomic mass is 10.00. The second-order valence-corrected chi connectivity index (χ2v) is 4.90. The van der Waals surface area contributed by atoms with Crippen LogP contribution < -0.4 is 10.1 Å². The predicted molar refractivity (Wildman–Crippen MR) is 78.1 cm³/mol. The summed E-state index contributed by atoms with van der Waals surface area (Å²) >= 11 is 0. The first-order valence-corrected chi connectivity index (χ1v) is 7.29. The number of ether oxygens (including phenoxy) is 1. The predicted octanol–water partition coefficient (Wildman–Crippen LogP) is 4.46. The molecule has 0 heterocycles. The van der Waals surface area contributed by atoms with Crippen LogP contribution in [-0.4, -0.2) is 13.7 Å². The molecule has 1 rings (SSSR count). The van der Waals surface area contributed by atoms with Gasteiger partial charge in [0.2, 0.25) is 0 Å². The minimum atomic E-state index is -0.279. The fourth-order valence-electron chi connectivity index (χ4n) is 2.20. The third-order valence-electron chi connectivity index (χ3n) is 3.32. The van der Waals surface area contributed by atoms with Gasteiger partial charge in [-0.3, -0.25) is 0 Å². The molecule has 0 aliphatic heterocycles. The van der Waals surface area contributed by atoms with Gasteiger partial charge in [0.1, 0.15) is 0 Å². The van der Waals surface area contributed by atoms with Gasteiger partial charge in [-0.15, -0.1) is 0 Å². The summed E-state index contributed by atoms with van der Waals surface area (Å²) in [5.41, 5.74) is 1.02. The Morgan fingerprint density at radius 2 is 2.00 bits per heavy atom. The van der Waals surface area contributed by atoms with Crippen LogP contribution in [0, 0.1) is 5.82 Å². The molecule has 0 saturated heterocycles. The summed E-state index contributed by atoms with van der Waals surface area (Å²) in [5, 5.41) is 3.50. The lowest BCUT2D eigenvalue weighted by Gasteiger charge is -2.19. The molecular weight excluding hydrogens is 241 g/mol. The zero-order chi connectivity index (χ0) is 14.1. The Hall–Kier alpha value is -1.09. The molecule has 0 amide bonds. The van der Waals surface area contributed by atoms with E-state index in [1.54, 1.807) is 12.1 Å². The molecule has 1 aromatic carbocycles. The Morgan fingerprint density at radius 3 is 2.58 bits per heavy atom. The van der Waals surface area contributed by atoms with Crippen molar-refractivity contribution >= 4 is 0 Å². The van der Waals surface area contributed by atoms with Crippen molar-refractivity contribution in [3.8, 4) is 5.75 Å². The van der Waals surface area contributed by atoms with Crippen LogP contribution in [0.4, 0.5) is 4.39 Å². The third kappa shape index (κ3) is 5.19. The Labute approximate surface area is 116 Å². The summed E-state index contributed by atoms with van der Waals surface area (Å²) in [5.74, 6) is 0.0327. The van der Waals surface area contributed by atoms with Gasteiger partial charge in [0.25, 0.3) is 0 Å². The van der Waals surface area contributed by atoms with E-state index in [0.717, 1.165) is 24.9 Å². The first kappa shape index (κ1) is 16.0. The molecule has 3 heteroatoms. The number of rotatable bonds is 9. The lowest BCUT2D eigenvalue weighted by Crippen LogP contribution is -2.22. The Bertz CT molecular complexity index is 368. The average Bonchev–Trinajstić information content (AvgIpc) is 2.42. The highest BCUT2D eigenvalue weighted by Crippen LogP contribution is 2.25. The van der Waals surface area contributed by atoms with Crippen LogP contribution in [0.2, 0.25) is 0 Å². The molecule has 1 unspecified atom stereocenters. The molecule has 19 heavy (non-hydrogen) atoms. The molecule has 108 valence electrons. The molecule has 1 aromatic rings. The van der Waals surface area contributed by atoms with Gasteiger partial charge in [-0.05, 0) is 37.1 Å². The molecule has 0 aliphatic rings. The maximum absolute atomic E-state index is 13.8. The Morgan fingerprint density at radius 1 is 1.21 bits per heavy atom. The van der Waals surface area contributed by atoms with E-state index >= 15 is 0 Å². The number of hydrogen-bond donors (Lipinski definition) is 1. The molecule has 0 aromatic heterocycles. The van der Waals surface area contributed by atoms with E-state index in [-0.39, 0.29) is 11.9 Å². The topological polar surface area (TPSA) is 21.3 Å². The highest BCUT2D eigenvalue weighted by Gasteiger charge is 2.13. The number of benzene rings is 1. The fourth-order valence-corrected chi connectivity index (χ4v) is 2.20. The van der Waals surface area contributed by atoms with Crippen LogP contribution in [0.5, 0.6) is 5.75 Å². The summed E-state index contributed by atoms with van der Waals surface area (Å²) < 4.78 is 18.7. The molecule has 0 spiro atoms. The van der Waals surface area contributed by atoms with Gasteiger partial charge in [-0.1, -0.05) is 39.2 Å². The summed E-state index contributed by atoms with van der Waals surface area (Å²) in [4.78, 5) is 0. The molecule has 0 saturated carbocycles. The quantitative estimate of drug-likeness (QED) is 0.667. The number of halogens is 1. The maximum atomic E-state index is 13.8. The zero-order valence-electron chi connectivity index (χ0n) is 12.3. The molecule has 1 atom stereocenters. The SMILES string of the molecule is CCCCCC(NCCC)c1ccc(OC)c(F)c1. The minimum absolute atomic E-state index is 0.243. The number of unbranched alkanes of at least 4 members (excludes halogenated alkanes) is 2. The van der Waals surface area contributed by atoms with E-state index in [9.17, 15) is 4.39 Å². The van der Waals surface area contributed by atoms with Crippen molar-refractivity contribution in [2.75, 3.05) is 13.7 Å². The minimum Gasteiger partial charge on any atom is -0.494 e. The summed E-state index contributed by atoms with van der Waals surface area (Å²) in [6.45, 7) is 5.30. The van der Waals surface area contributed by atoms with Crippen molar-refractivity contribution < 1.29 is 9.13 Å². The fraction of sp³-hybridized carbons (Fsp3) is 0.625. The van der Waals surface area contributed by atoms with Crippen LogP contribution in [0.15, 0.2) is 18.2 Å². The van der Waals surface area contributed by atoms with E-state index < -0.39 is 0 Å².